The number of aromatic nitrogens is 4. The molecule has 1 aliphatic rings. The number of ether oxygens (including phenoxy) is 2. The molecule has 0 saturated carbocycles. The van der Waals surface area contributed by atoms with Crippen molar-refractivity contribution in [2.75, 3.05) is 45.3 Å². The van der Waals surface area contributed by atoms with Crippen molar-refractivity contribution in [1.82, 2.24) is 25.1 Å². The largest absolute Gasteiger partial charge is 0.497 e. The lowest BCUT2D eigenvalue weighted by Crippen LogP contribution is -2.48. The van der Waals surface area contributed by atoms with Crippen LogP contribution >= 0.6 is 12.4 Å². The van der Waals surface area contributed by atoms with Crippen LogP contribution in [-0.4, -0.2) is 65.5 Å². The van der Waals surface area contributed by atoms with Gasteiger partial charge in [0.1, 0.15) is 11.5 Å². The zero-order valence-corrected chi connectivity index (χ0v) is 22.1. The molecule has 9 heteroatoms. The molecule has 1 fully saturated rings. The Morgan fingerprint density at radius 3 is 2.22 bits per heavy atom. The first-order valence-corrected chi connectivity index (χ1v) is 12.3. The van der Waals surface area contributed by atoms with E-state index in [0.717, 1.165) is 67.7 Å². The van der Waals surface area contributed by atoms with Crippen molar-refractivity contribution < 1.29 is 9.47 Å². The van der Waals surface area contributed by atoms with Gasteiger partial charge in [-0.1, -0.05) is 54.6 Å². The van der Waals surface area contributed by atoms with Crippen molar-refractivity contribution in [1.29, 1.82) is 0 Å². The Bertz CT molecular complexity index is 1240. The number of tetrazole rings is 1. The first kappa shape index (κ1) is 26.4. The molecule has 0 bridgehead atoms. The summed E-state index contributed by atoms with van der Waals surface area (Å²) in [6.07, 6.45) is 0.871. The second-order valence-electron chi connectivity index (χ2n) is 8.87. The Kier molecular flexibility index (Phi) is 8.98. The SMILES string of the molecule is COc1ccc(C(c2nnnn2CCc2ccccc2)N2CCN(c3ccccc3OC)CC2)cc1.Cl. The van der Waals surface area contributed by atoms with Gasteiger partial charge in [-0.3, -0.25) is 4.90 Å². The third kappa shape index (κ3) is 6.03. The fourth-order valence-corrected chi connectivity index (χ4v) is 4.87. The molecular formula is C28H33ClN6O2. The Morgan fingerprint density at radius 2 is 1.51 bits per heavy atom. The van der Waals surface area contributed by atoms with Gasteiger partial charge in [0.15, 0.2) is 5.82 Å². The van der Waals surface area contributed by atoms with E-state index in [0.29, 0.717) is 0 Å². The summed E-state index contributed by atoms with van der Waals surface area (Å²) in [6, 6.07) is 26.9. The van der Waals surface area contributed by atoms with Crippen LogP contribution in [0.25, 0.3) is 0 Å². The summed E-state index contributed by atoms with van der Waals surface area (Å²) in [5.74, 6) is 2.60. The van der Waals surface area contributed by atoms with E-state index in [-0.39, 0.29) is 18.4 Å². The minimum atomic E-state index is -0.0542. The molecule has 194 valence electrons. The summed E-state index contributed by atoms with van der Waals surface area (Å²) in [4.78, 5) is 4.86. The fourth-order valence-electron chi connectivity index (χ4n) is 4.87. The zero-order valence-electron chi connectivity index (χ0n) is 21.2. The van der Waals surface area contributed by atoms with Gasteiger partial charge >= 0.3 is 0 Å². The predicted octanol–water partition coefficient (Wildman–Crippen LogP) is 4.27. The smallest absolute Gasteiger partial charge is 0.173 e. The summed E-state index contributed by atoms with van der Waals surface area (Å²) < 4.78 is 13.0. The highest BCUT2D eigenvalue weighted by atomic mass is 35.5. The van der Waals surface area contributed by atoms with Crippen LogP contribution < -0.4 is 14.4 Å². The molecule has 1 atom stereocenters. The number of piperazine rings is 1. The van der Waals surface area contributed by atoms with Crippen LogP contribution in [0.15, 0.2) is 78.9 Å². The fraction of sp³-hybridized carbons (Fsp3) is 0.321. The zero-order chi connectivity index (χ0) is 24.7. The summed E-state index contributed by atoms with van der Waals surface area (Å²) in [5, 5.41) is 13.0. The molecule has 8 nitrogen and oxygen atoms in total. The molecule has 0 radical (unpaired) electrons. The normalized spacial score (nSPS) is 14.6. The number of nitrogens with zero attached hydrogens (tertiary/aromatic N) is 6. The molecule has 37 heavy (non-hydrogen) atoms. The summed E-state index contributed by atoms with van der Waals surface area (Å²) in [5.41, 5.74) is 3.55. The highest BCUT2D eigenvalue weighted by Gasteiger charge is 2.31. The minimum Gasteiger partial charge on any atom is -0.497 e. The van der Waals surface area contributed by atoms with Gasteiger partial charge in [-0.2, -0.15) is 0 Å². The molecule has 4 aromatic rings. The van der Waals surface area contributed by atoms with E-state index in [9.17, 15) is 0 Å². The lowest BCUT2D eigenvalue weighted by Gasteiger charge is -2.40. The third-order valence-corrected chi connectivity index (χ3v) is 6.80. The number of hydrogen-bond donors (Lipinski definition) is 0. The van der Waals surface area contributed by atoms with Gasteiger partial charge < -0.3 is 14.4 Å². The van der Waals surface area contributed by atoms with Gasteiger partial charge in [-0.15, -0.1) is 17.5 Å². The van der Waals surface area contributed by atoms with Crippen LogP contribution in [0.3, 0.4) is 0 Å². The number of aryl methyl sites for hydroxylation is 2. The van der Waals surface area contributed by atoms with Crippen molar-refractivity contribution in [2.45, 2.75) is 19.0 Å². The number of anilines is 1. The average Bonchev–Trinajstić information content (AvgIpc) is 3.41. The molecular weight excluding hydrogens is 488 g/mol. The van der Waals surface area contributed by atoms with Crippen molar-refractivity contribution in [2.24, 2.45) is 0 Å². The van der Waals surface area contributed by atoms with E-state index in [1.54, 1.807) is 14.2 Å². The minimum absolute atomic E-state index is 0. The number of rotatable bonds is 9. The van der Waals surface area contributed by atoms with Gasteiger partial charge in [-0.25, -0.2) is 4.68 Å². The standard InChI is InChI=1S/C28H32N6O2.ClH/c1-35-24-14-12-23(13-15-24)27(28-29-30-31-34(28)17-16-22-8-4-3-5-9-22)33-20-18-32(19-21-33)25-10-6-7-11-26(25)36-2;/h3-15,27H,16-21H2,1-2H3;1H. The second kappa shape index (κ2) is 12.6. The highest BCUT2D eigenvalue weighted by Crippen LogP contribution is 2.33. The summed E-state index contributed by atoms with van der Waals surface area (Å²) in [7, 11) is 3.41. The first-order chi connectivity index (χ1) is 17.8. The molecule has 5 rings (SSSR count). The van der Waals surface area contributed by atoms with Gasteiger partial charge in [0, 0.05) is 32.7 Å². The lowest BCUT2D eigenvalue weighted by atomic mass is 10.0. The highest BCUT2D eigenvalue weighted by molar-refractivity contribution is 5.85. The number of methoxy groups -OCH3 is 2. The Morgan fingerprint density at radius 1 is 0.811 bits per heavy atom. The predicted molar refractivity (Wildman–Crippen MR) is 147 cm³/mol. The molecule has 0 aliphatic carbocycles. The van der Waals surface area contributed by atoms with Crippen molar-refractivity contribution >= 4 is 18.1 Å². The third-order valence-electron chi connectivity index (χ3n) is 6.80. The van der Waals surface area contributed by atoms with Crippen LogP contribution in [0.4, 0.5) is 5.69 Å². The molecule has 1 saturated heterocycles. The van der Waals surface area contributed by atoms with Gasteiger partial charge in [0.05, 0.1) is 25.9 Å². The maximum absolute atomic E-state index is 5.61. The molecule has 0 N–H and O–H groups in total. The molecule has 1 unspecified atom stereocenters. The summed E-state index contributed by atoms with van der Waals surface area (Å²) >= 11 is 0. The number of halogens is 1. The van der Waals surface area contributed by atoms with Gasteiger partial charge in [-0.05, 0) is 52.2 Å². The lowest BCUT2D eigenvalue weighted by molar-refractivity contribution is 0.200. The quantitative estimate of drug-likeness (QED) is 0.326. The van der Waals surface area contributed by atoms with E-state index in [1.807, 2.05) is 35.0 Å². The Labute approximate surface area is 224 Å². The van der Waals surface area contributed by atoms with E-state index >= 15 is 0 Å². The molecule has 2 heterocycles. The first-order valence-electron chi connectivity index (χ1n) is 12.3. The van der Waals surface area contributed by atoms with E-state index < -0.39 is 0 Å². The second-order valence-corrected chi connectivity index (χ2v) is 8.87. The van der Waals surface area contributed by atoms with E-state index in [2.05, 4.69) is 73.9 Å². The molecule has 0 amide bonds. The average molecular weight is 521 g/mol. The molecule has 3 aromatic carbocycles. The van der Waals surface area contributed by atoms with Crippen molar-refractivity contribution in [3.63, 3.8) is 0 Å². The molecule has 1 aromatic heterocycles. The maximum Gasteiger partial charge on any atom is 0.173 e. The Hall–Kier alpha value is -3.62. The summed E-state index contributed by atoms with van der Waals surface area (Å²) in [6.45, 7) is 4.25. The monoisotopic (exact) mass is 520 g/mol. The number of hydrogen-bond acceptors (Lipinski definition) is 7. The van der Waals surface area contributed by atoms with Crippen LogP contribution in [0.5, 0.6) is 11.5 Å². The van der Waals surface area contributed by atoms with E-state index in [1.165, 1.54) is 5.56 Å². The molecule has 0 spiro atoms. The van der Waals surface area contributed by atoms with E-state index in [4.69, 9.17) is 9.47 Å². The van der Waals surface area contributed by atoms with Gasteiger partial charge in [0.25, 0.3) is 0 Å². The van der Waals surface area contributed by atoms with Crippen molar-refractivity contribution in [3.05, 3.63) is 95.8 Å². The van der Waals surface area contributed by atoms with Crippen molar-refractivity contribution in [3.8, 4) is 11.5 Å². The van der Waals surface area contributed by atoms with Crippen LogP contribution in [-0.2, 0) is 13.0 Å². The maximum atomic E-state index is 5.61. The number of para-hydroxylation sites is 2. The van der Waals surface area contributed by atoms with Crippen LogP contribution in [0, 0.1) is 0 Å². The topological polar surface area (TPSA) is 68.5 Å². The van der Waals surface area contributed by atoms with Crippen LogP contribution in [0.1, 0.15) is 23.0 Å². The number of benzene rings is 3. The van der Waals surface area contributed by atoms with Gasteiger partial charge in [0.2, 0.25) is 0 Å². The molecule has 1 aliphatic heterocycles. The Balaban J connectivity index is 0.00000320. The van der Waals surface area contributed by atoms with Crippen LogP contribution in [0.2, 0.25) is 0 Å².